The fraction of sp³-hybridized carbons (Fsp3) is 0. The van der Waals surface area contributed by atoms with Crippen molar-refractivity contribution < 1.29 is 5.21 Å². The summed E-state index contributed by atoms with van der Waals surface area (Å²) < 4.78 is 0. The van der Waals surface area contributed by atoms with Gasteiger partial charge >= 0.3 is 0 Å². The molecule has 0 atom stereocenters. The van der Waals surface area contributed by atoms with E-state index >= 15 is 0 Å². The van der Waals surface area contributed by atoms with Crippen LogP contribution in [0.5, 0.6) is 0 Å². The van der Waals surface area contributed by atoms with E-state index in [0.29, 0.717) is 10.7 Å². The summed E-state index contributed by atoms with van der Waals surface area (Å²) in [5, 5.41) is 13.7. The van der Waals surface area contributed by atoms with Crippen LogP contribution in [0.4, 0.5) is 0 Å². The van der Waals surface area contributed by atoms with Gasteiger partial charge in [0, 0.05) is 10.9 Å². The van der Waals surface area contributed by atoms with Crippen LogP contribution >= 0.6 is 11.3 Å². The van der Waals surface area contributed by atoms with Crippen molar-refractivity contribution in [1.82, 2.24) is 4.98 Å². The number of thiazole rings is 1. The summed E-state index contributed by atoms with van der Waals surface area (Å²) in [6.07, 6.45) is 1.29. The lowest BCUT2D eigenvalue weighted by molar-refractivity contribution is 0.322. The summed E-state index contributed by atoms with van der Waals surface area (Å²) in [5.41, 5.74) is 1.64. The zero-order chi connectivity index (χ0) is 11.2. The Kier molecular flexibility index (Phi) is 3.31. The van der Waals surface area contributed by atoms with Gasteiger partial charge in [0.1, 0.15) is 16.9 Å². The lowest BCUT2D eigenvalue weighted by Gasteiger charge is -1.85. The molecule has 0 radical (unpaired) electrons. The van der Waals surface area contributed by atoms with Gasteiger partial charge in [0.05, 0.1) is 0 Å². The molecule has 0 unspecified atom stereocenters. The van der Waals surface area contributed by atoms with Crippen molar-refractivity contribution in [2.24, 2.45) is 5.16 Å². The molecule has 78 valence electrons. The molecule has 0 spiro atoms. The largest absolute Gasteiger partial charge is 0.411 e. The van der Waals surface area contributed by atoms with E-state index in [9.17, 15) is 0 Å². The molecule has 2 rings (SSSR count). The Morgan fingerprint density at radius 3 is 2.81 bits per heavy atom. The molecular formula is C12H8N2OS. The van der Waals surface area contributed by atoms with Crippen LogP contribution in [0.1, 0.15) is 16.3 Å². The SMILES string of the molecule is ON=Cc1nc(C#Cc2ccccc2)cs1. The molecule has 1 aromatic carbocycles. The highest BCUT2D eigenvalue weighted by Gasteiger charge is 1.95. The number of nitrogens with zero attached hydrogens (tertiary/aromatic N) is 2. The average Bonchev–Trinajstić information content (AvgIpc) is 2.76. The second-order valence-corrected chi connectivity index (χ2v) is 3.82. The molecule has 0 fully saturated rings. The van der Waals surface area contributed by atoms with Gasteiger partial charge in [0.25, 0.3) is 0 Å². The summed E-state index contributed by atoms with van der Waals surface area (Å²) >= 11 is 1.39. The number of hydrogen-bond acceptors (Lipinski definition) is 4. The Bertz CT molecular complexity index is 549. The molecule has 16 heavy (non-hydrogen) atoms. The third-order valence-electron chi connectivity index (χ3n) is 1.80. The highest BCUT2D eigenvalue weighted by atomic mass is 32.1. The second-order valence-electron chi connectivity index (χ2n) is 2.93. The van der Waals surface area contributed by atoms with Crippen LogP contribution in [0.3, 0.4) is 0 Å². The maximum absolute atomic E-state index is 8.34. The van der Waals surface area contributed by atoms with Gasteiger partial charge in [-0.05, 0) is 18.1 Å². The smallest absolute Gasteiger partial charge is 0.139 e. The minimum absolute atomic E-state index is 0.639. The third kappa shape index (κ3) is 2.69. The summed E-state index contributed by atoms with van der Waals surface area (Å²) in [7, 11) is 0. The number of rotatable bonds is 1. The molecule has 4 heteroatoms. The Labute approximate surface area is 97.1 Å². The standard InChI is InChI=1S/C12H8N2OS/c15-13-8-12-14-11(9-16-12)7-6-10-4-2-1-3-5-10/h1-5,8-9,15H. The predicted octanol–water partition coefficient (Wildman–Crippen LogP) is 2.35. The van der Waals surface area contributed by atoms with E-state index in [1.54, 1.807) is 0 Å². The van der Waals surface area contributed by atoms with Crippen molar-refractivity contribution in [1.29, 1.82) is 0 Å². The van der Waals surface area contributed by atoms with Crippen molar-refractivity contribution in [3.8, 4) is 11.8 Å². The second kappa shape index (κ2) is 5.10. The molecule has 0 saturated carbocycles. The zero-order valence-corrected chi connectivity index (χ0v) is 9.11. The van der Waals surface area contributed by atoms with E-state index in [1.807, 2.05) is 35.7 Å². The predicted molar refractivity (Wildman–Crippen MR) is 63.9 cm³/mol. The molecule has 0 amide bonds. The molecule has 1 N–H and O–H groups in total. The van der Waals surface area contributed by atoms with Crippen LogP contribution in [0.15, 0.2) is 40.9 Å². The number of benzene rings is 1. The van der Waals surface area contributed by atoms with E-state index < -0.39 is 0 Å². The number of oxime groups is 1. The molecule has 0 aliphatic rings. The van der Waals surface area contributed by atoms with Gasteiger partial charge in [-0.1, -0.05) is 29.3 Å². The minimum Gasteiger partial charge on any atom is -0.411 e. The van der Waals surface area contributed by atoms with Gasteiger partial charge in [-0.3, -0.25) is 0 Å². The van der Waals surface area contributed by atoms with Gasteiger partial charge in [-0.2, -0.15) is 0 Å². The number of hydrogen-bond donors (Lipinski definition) is 1. The topological polar surface area (TPSA) is 45.5 Å². The van der Waals surface area contributed by atoms with Gasteiger partial charge in [0.15, 0.2) is 0 Å². The van der Waals surface area contributed by atoms with Gasteiger partial charge < -0.3 is 5.21 Å². The quantitative estimate of drug-likeness (QED) is 0.352. The monoisotopic (exact) mass is 228 g/mol. The summed E-state index contributed by atoms with van der Waals surface area (Å²) in [6.45, 7) is 0. The van der Waals surface area contributed by atoms with Crippen LogP contribution in [0, 0.1) is 11.8 Å². The highest BCUT2D eigenvalue weighted by Crippen LogP contribution is 2.06. The normalized spacial score (nSPS) is 10.0. The van der Waals surface area contributed by atoms with Crippen molar-refractivity contribution >= 4 is 17.6 Å². The molecular weight excluding hydrogens is 220 g/mol. The molecule has 3 nitrogen and oxygen atoms in total. The van der Waals surface area contributed by atoms with Crippen molar-refractivity contribution in [3.63, 3.8) is 0 Å². The van der Waals surface area contributed by atoms with Crippen molar-refractivity contribution in [2.45, 2.75) is 0 Å². The molecule has 0 aliphatic heterocycles. The van der Waals surface area contributed by atoms with Gasteiger partial charge in [-0.15, -0.1) is 11.3 Å². The Hall–Kier alpha value is -2.12. The van der Waals surface area contributed by atoms with Crippen LogP contribution in [-0.2, 0) is 0 Å². The van der Waals surface area contributed by atoms with E-state index in [-0.39, 0.29) is 0 Å². The van der Waals surface area contributed by atoms with Crippen molar-refractivity contribution in [2.75, 3.05) is 0 Å². The van der Waals surface area contributed by atoms with E-state index in [2.05, 4.69) is 22.0 Å². The molecule has 2 aromatic rings. The molecule has 1 heterocycles. The van der Waals surface area contributed by atoms with Crippen LogP contribution in [0.25, 0.3) is 0 Å². The Balaban J connectivity index is 2.18. The van der Waals surface area contributed by atoms with Crippen molar-refractivity contribution in [3.05, 3.63) is 52.0 Å². The lowest BCUT2D eigenvalue weighted by Crippen LogP contribution is -1.80. The first-order valence-electron chi connectivity index (χ1n) is 4.58. The maximum atomic E-state index is 8.34. The fourth-order valence-corrected chi connectivity index (χ4v) is 1.71. The van der Waals surface area contributed by atoms with Crippen LogP contribution in [-0.4, -0.2) is 16.4 Å². The zero-order valence-electron chi connectivity index (χ0n) is 8.29. The first-order chi connectivity index (χ1) is 7.88. The van der Waals surface area contributed by atoms with Gasteiger partial charge in [0.2, 0.25) is 0 Å². The Morgan fingerprint density at radius 2 is 2.06 bits per heavy atom. The highest BCUT2D eigenvalue weighted by molar-refractivity contribution is 7.11. The molecule has 0 bridgehead atoms. The first-order valence-corrected chi connectivity index (χ1v) is 5.46. The van der Waals surface area contributed by atoms with Crippen LogP contribution in [0.2, 0.25) is 0 Å². The lowest BCUT2D eigenvalue weighted by atomic mass is 10.2. The molecule has 1 aromatic heterocycles. The summed E-state index contributed by atoms with van der Waals surface area (Å²) in [6, 6.07) is 9.71. The van der Waals surface area contributed by atoms with E-state index in [4.69, 9.17) is 5.21 Å². The average molecular weight is 228 g/mol. The number of aromatic nitrogens is 1. The third-order valence-corrected chi connectivity index (χ3v) is 2.58. The fourth-order valence-electron chi connectivity index (χ4n) is 1.11. The summed E-state index contributed by atoms with van der Waals surface area (Å²) in [4.78, 5) is 4.15. The molecule has 0 aliphatic carbocycles. The molecule has 0 saturated heterocycles. The summed E-state index contributed by atoms with van der Waals surface area (Å²) in [5.74, 6) is 5.95. The van der Waals surface area contributed by atoms with Crippen LogP contribution < -0.4 is 0 Å². The van der Waals surface area contributed by atoms with E-state index in [1.165, 1.54) is 17.6 Å². The first kappa shape index (κ1) is 10.4. The van der Waals surface area contributed by atoms with E-state index in [0.717, 1.165) is 5.56 Å². The minimum atomic E-state index is 0.639. The Morgan fingerprint density at radius 1 is 1.25 bits per heavy atom. The van der Waals surface area contributed by atoms with Gasteiger partial charge in [-0.25, -0.2) is 4.98 Å². The maximum Gasteiger partial charge on any atom is 0.139 e.